The van der Waals surface area contributed by atoms with Gasteiger partial charge >= 0.3 is 0 Å². The normalized spacial score (nSPS) is 16.5. The van der Waals surface area contributed by atoms with Crippen molar-refractivity contribution in [1.82, 2.24) is 0 Å². The van der Waals surface area contributed by atoms with Crippen molar-refractivity contribution in [2.75, 3.05) is 0 Å². The minimum atomic E-state index is -0.207. The molecule has 0 saturated carbocycles. The van der Waals surface area contributed by atoms with Crippen LogP contribution in [0, 0.1) is 32.6 Å². The predicted octanol–water partition coefficient (Wildman–Crippen LogP) is 14.3. The van der Waals surface area contributed by atoms with Gasteiger partial charge in [-0.05, 0) is 125 Å². The van der Waals surface area contributed by atoms with Crippen LogP contribution < -0.4 is 0 Å². The molecule has 3 unspecified atom stereocenters. The maximum atomic E-state index is 2.58. The van der Waals surface area contributed by atoms with Crippen LogP contribution in [-0.4, -0.2) is 0 Å². The molecule has 0 radical (unpaired) electrons. The number of benzene rings is 5. The molecule has 0 spiro atoms. The molecule has 0 N–H and O–H groups in total. The summed E-state index contributed by atoms with van der Waals surface area (Å²) in [6.45, 7) is 18.7. The summed E-state index contributed by atoms with van der Waals surface area (Å²) >= 11 is 0. The molecule has 0 saturated heterocycles. The summed E-state index contributed by atoms with van der Waals surface area (Å²) in [4.78, 5) is 0. The van der Waals surface area contributed by atoms with Crippen LogP contribution in [0.3, 0.4) is 0 Å². The second kappa shape index (κ2) is 15.1. The van der Waals surface area contributed by atoms with E-state index in [4.69, 9.17) is 0 Å². The van der Waals surface area contributed by atoms with Gasteiger partial charge in [0.2, 0.25) is 0 Å². The fourth-order valence-corrected chi connectivity index (χ4v) is 8.88. The van der Waals surface area contributed by atoms with Crippen molar-refractivity contribution in [3.8, 4) is 22.3 Å². The first-order valence-electron chi connectivity index (χ1n) is 19.6. The van der Waals surface area contributed by atoms with Crippen LogP contribution in [0.5, 0.6) is 0 Å². The van der Waals surface area contributed by atoms with E-state index in [1.807, 2.05) is 0 Å². The Balaban J connectivity index is 1.55. The van der Waals surface area contributed by atoms with Crippen molar-refractivity contribution in [1.29, 1.82) is 0 Å². The molecule has 49 heavy (non-hydrogen) atoms. The fraction of sp³-hybridized carbons (Fsp3) is 0.429. The lowest BCUT2D eigenvalue weighted by Crippen LogP contribution is -2.22. The minimum Gasteiger partial charge on any atom is -0.0654 e. The van der Waals surface area contributed by atoms with Crippen LogP contribution in [-0.2, 0) is 18.3 Å². The van der Waals surface area contributed by atoms with E-state index < -0.39 is 0 Å². The third-order valence-corrected chi connectivity index (χ3v) is 12.0. The van der Waals surface area contributed by atoms with E-state index in [1.54, 1.807) is 11.1 Å². The quantitative estimate of drug-likeness (QED) is 0.112. The zero-order valence-corrected chi connectivity index (χ0v) is 31.8. The molecule has 0 aromatic heterocycles. The van der Waals surface area contributed by atoms with Crippen molar-refractivity contribution in [2.45, 2.75) is 125 Å². The van der Waals surface area contributed by atoms with Crippen LogP contribution in [0.15, 0.2) is 84.9 Å². The Bertz CT molecular complexity index is 1920. The highest BCUT2D eigenvalue weighted by atomic mass is 14.4. The Morgan fingerprint density at radius 1 is 0.531 bits per heavy atom. The van der Waals surface area contributed by atoms with Gasteiger partial charge in [0.05, 0.1) is 0 Å². The third kappa shape index (κ3) is 7.04. The molecule has 0 heterocycles. The predicted molar refractivity (Wildman–Crippen MR) is 215 cm³/mol. The number of aryl methyl sites for hydroxylation is 3. The summed E-state index contributed by atoms with van der Waals surface area (Å²) in [6.07, 6.45) is 12.7. The van der Waals surface area contributed by atoms with Crippen molar-refractivity contribution in [2.24, 2.45) is 11.8 Å². The second-order valence-corrected chi connectivity index (χ2v) is 15.7. The molecule has 0 nitrogen and oxygen atoms in total. The topological polar surface area (TPSA) is 0 Å². The Labute approximate surface area is 298 Å². The average molecular weight is 649 g/mol. The summed E-state index contributed by atoms with van der Waals surface area (Å²) in [7, 11) is 0. The molecule has 256 valence electrons. The highest BCUT2D eigenvalue weighted by molar-refractivity contribution is 5.94. The number of hydrogen-bond donors (Lipinski definition) is 0. The van der Waals surface area contributed by atoms with Crippen LogP contribution in [0.25, 0.3) is 33.0 Å². The van der Waals surface area contributed by atoms with Crippen molar-refractivity contribution in [3.63, 3.8) is 0 Å². The van der Waals surface area contributed by atoms with Crippen molar-refractivity contribution < 1.29 is 0 Å². The molecule has 0 fully saturated rings. The zero-order valence-electron chi connectivity index (χ0n) is 31.8. The number of hydrogen-bond acceptors (Lipinski definition) is 0. The summed E-state index contributed by atoms with van der Waals surface area (Å²) in [6, 6.07) is 33.8. The molecule has 3 atom stereocenters. The van der Waals surface area contributed by atoms with E-state index in [1.165, 1.54) is 124 Å². The fourth-order valence-electron chi connectivity index (χ4n) is 8.88. The van der Waals surface area contributed by atoms with Gasteiger partial charge in [0.1, 0.15) is 0 Å². The maximum absolute atomic E-state index is 2.58. The Morgan fingerprint density at radius 3 is 1.76 bits per heavy atom. The Hall–Kier alpha value is -3.64. The first kappa shape index (κ1) is 35.2. The van der Waals surface area contributed by atoms with E-state index in [0.29, 0.717) is 0 Å². The van der Waals surface area contributed by atoms with Gasteiger partial charge in [-0.1, -0.05) is 169 Å². The number of rotatable bonds is 14. The number of unbranched alkanes of at least 4 members (excludes halogenated alkanes) is 2. The first-order chi connectivity index (χ1) is 23.7. The molecule has 0 heteroatoms. The smallest absolute Gasteiger partial charge is 0.0435 e. The molecule has 0 amide bonds. The third-order valence-electron chi connectivity index (χ3n) is 12.0. The maximum Gasteiger partial charge on any atom is 0.0435 e. The van der Waals surface area contributed by atoms with Crippen LogP contribution in [0.1, 0.15) is 130 Å². The molecule has 6 rings (SSSR count). The first-order valence-corrected chi connectivity index (χ1v) is 19.6. The zero-order chi connectivity index (χ0) is 34.7. The van der Waals surface area contributed by atoms with Crippen LogP contribution in [0.2, 0.25) is 0 Å². The van der Waals surface area contributed by atoms with E-state index in [0.717, 1.165) is 18.3 Å². The highest BCUT2D eigenvalue weighted by Gasteiger charge is 2.41. The summed E-state index contributed by atoms with van der Waals surface area (Å²) in [5.74, 6) is 1.46. The SMILES string of the molecule is CCCCC(CC)Cc1cc(-c2ccc3c(c2)C(C)(c2cccc(C)c2)c2cc(C)ccc2-3)cc2c(CC(CC)CCCC)cc(C)cc12. The molecule has 5 aromatic rings. The van der Waals surface area contributed by atoms with Gasteiger partial charge in [-0.15, -0.1) is 0 Å². The second-order valence-electron chi connectivity index (χ2n) is 15.7. The van der Waals surface area contributed by atoms with Crippen molar-refractivity contribution >= 4 is 10.8 Å². The van der Waals surface area contributed by atoms with Gasteiger partial charge in [0, 0.05) is 5.41 Å². The Morgan fingerprint density at radius 2 is 1.12 bits per heavy atom. The highest BCUT2D eigenvalue weighted by Crippen LogP contribution is 2.53. The van der Waals surface area contributed by atoms with Crippen LogP contribution >= 0.6 is 0 Å². The molecule has 1 aliphatic rings. The van der Waals surface area contributed by atoms with Crippen molar-refractivity contribution in [3.05, 3.63) is 129 Å². The van der Waals surface area contributed by atoms with E-state index in [9.17, 15) is 0 Å². The van der Waals surface area contributed by atoms with Gasteiger partial charge in [0.25, 0.3) is 0 Å². The summed E-state index contributed by atoms with van der Waals surface area (Å²) in [5, 5.41) is 2.98. The molecule has 5 aromatic carbocycles. The van der Waals surface area contributed by atoms with E-state index >= 15 is 0 Å². The van der Waals surface area contributed by atoms with E-state index in [-0.39, 0.29) is 5.41 Å². The van der Waals surface area contributed by atoms with Gasteiger partial charge in [-0.25, -0.2) is 0 Å². The average Bonchev–Trinajstić information content (AvgIpc) is 3.35. The largest absolute Gasteiger partial charge is 0.0654 e. The van der Waals surface area contributed by atoms with Gasteiger partial charge in [0.15, 0.2) is 0 Å². The minimum absolute atomic E-state index is 0.207. The summed E-state index contributed by atoms with van der Waals surface area (Å²) < 4.78 is 0. The molecule has 0 bridgehead atoms. The van der Waals surface area contributed by atoms with E-state index in [2.05, 4.69) is 140 Å². The molecule has 0 aliphatic heterocycles. The number of fused-ring (bicyclic) bond motifs is 4. The summed E-state index contributed by atoms with van der Waals surface area (Å²) in [5.41, 5.74) is 16.7. The lowest BCUT2D eigenvalue weighted by atomic mass is 9.73. The molecular weight excluding hydrogens is 589 g/mol. The lowest BCUT2D eigenvalue weighted by Gasteiger charge is -2.29. The Kier molecular flexibility index (Phi) is 10.8. The molecule has 1 aliphatic carbocycles. The lowest BCUT2D eigenvalue weighted by molar-refractivity contribution is 0.449. The molecular formula is C49H60. The monoisotopic (exact) mass is 648 g/mol. The van der Waals surface area contributed by atoms with Gasteiger partial charge in [-0.3, -0.25) is 0 Å². The van der Waals surface area contributed by atoms with Gasteiger partial charge in [-0.2, -0.15) is 0 Å². The standard InChI is InChI=1S/C49H60/c1-9-13-17-36(11-3)28-40-24-35(7)26-45-41(29-37(12-4)18-14-10-2)30-39(31-46(40)45)38-21-23-44-43-22-20-34(6)27-47(43)49(8,48(44)32-38)42-19-15-16-33(5)25-42/h15-16,19-27,30-32,36-37H,9-14,17-18,28-29H2,1-8H3. The van der Waals surface area contributed by atoms with Crippen LogP contribution in [0.4, 0.5) is 0 Å². The van der Waals surface area contributed by atoms with Gasteiger partial charge < -0.3 is 0 Å².